The number of carbonyl (C=O) groups excluding carboxylic acids is 2. The van der Waals surface area contributed by atoms with Crippen LogP contribution in [0.1, 0.15) is 201 Å². The first-order chi connectivity index (χ1) is 35.6. The minimum Gasteiger partial charge on any atom is -0.462 e. The van der Waals surface area contributed by atoms with Crippen molar-refractivity contribution in [2.75, 3.05) is 19.8 Å². The van der Waals surface area contributed by atoms with Crippen LogP contribution in [0.25, 0.3) is 0 Å². The van der Waals surface area contributed by atoms with Crippen LogP contribution >= 0.6 is 0 Å². The van der Waals surface area contributed by atoms with Crippen LogP contribution in [-0.2, 0) is 23.8 Å². The van der Waals surface area contributed by atoms with Crippen LogP contribution in [0.2, 0.25) is 0 Å². The van der Waals surface area contributed by atoms with Crippen molar-refractivity contribution in [3.05, 3.63) is 182 Å². The molecule has 0 rings (SSSR count). The predicted molar refractivity (Wildman–Crippen MR) is 315 cm³/mol. The molecule has 72 heavy (non-hydrogen) atoms. The highest BCUT2D eigenvalue weighted by Gasteiger charge is 2.17. The SMILES string of the molecule is CC/C=C\C/C=C\C/C=C\C/C=C\C/C=C\C/C=C\CCCOCC(COC(=O)CC/C=C\C/C=C\C/C=C\C/C=C\C/C=C\C/C=C\CC)OC(=O)CCCCCCCCC/C=C\C/C=C\C/C=C\CC. The van der Waals surface area contributed by atoms with E-state index < -0.39 is 6.10 Å². The lowest BCUT2D eigenvalue weighted by Gasteiger charge is -2.18. The summed E-state index contributed by atoms with van der Waals surface area (Å²) in [5, 5.41) is 0. The molecule has 0 aliphatic rings. The van der Waals surface area contributed by atoms with E-state index in [0.717, 1.165) is 135 Å². The molecule has 400 valence electrons. The van der Waals surface area contributed by atoms with Crippen LogP contribution in [0.3, 0.4) is 0 Å². The molecule has 0 saturated heterocycles. The summed E-state index contributed by atoms with van der Waals surface area (Å²) >= 11 is 0. The van der Waals surface area contributed by atoms with Crippen LogP contribution in [0.5, 0.6) is 0 Å². The minimum absolute atomic E-state index is 0.00398. The molecule has 0 saturated carbocycles. The fourth-order valence-corrected chi connectivity index (χ4v) is 6.86. The van der Waals surface area contributed by atoms with E-state index >= 15 is 0 Å². The molecule has 1 unspecified atom stereocenters. The van der Waals surface area contributed by atoms with Gasteiger partial charge in [0, 0.05) is 19.4 Å². The van der Waals surface area contributed by atoms with Crippen LogP contribution in [0.4, 0.5) is 0 Å². The van der Waals surface area contributed by atoms with Gasteiger partial charge in [0.05, 0.1) is 6.61 Å². The Bertz CT molecular complexity index is 1680. The summed E-state index contributed by atoms with van der Waals surface area (Å²) in [6.07, 6.45) is 92.2. The summed E-state index contributed by atoms with van der Waals surface area (Å²) in [4.78, 5) is 25.5. The van der Waals surface area contributed by atoms with E-state index in [1.54, 1.807) is 0 Å². The molecule has 0 fully saturated rings. The van der Waals surface area contributed by atoms with Crippen LogP contribution in [0.15, 0.2) is 182 Å². The molecule has 5 heteroatoms. The number of unbranched alkanes of at least 4 members (excludes halogenated alkanes) is 8. The normalized spacial score (nSPS) is 13.7. The van der Waals surface area contributed by atoms with Crippen molar-refractivity contribution in [1.29, 1.82) is 0 Å². The van der Waals surface area contributed by atoms with Crippen molar-refractivity contribution in [2.24, 2.45) is 0 Å². The lowest BCUT2D eigenvalue weighted by atomic mass is 10.1. The van der Waals surface area contributed by atoms with E-state index in [2.05, 4.69) is 197 Å². The number of carbonyl (C=O) groups is 2. The number of rotatable bonds is 49. The Hall–Kier alpha value is -5.00. The third-order valence-corrected chi connectivity index (χ3v) is 10.9. The summed E-state index contributed by atoms with van der Waals surface area (Å²) in [5.74, 6) is -0.554. The Morgan fingerprint density at radius 1 is 0.306 bits per heavy atom. The molecule has 0 bridgehead atoms. The molecule has 0 aliphatic carbocycles. The van der Waals surface area contributed by atoms with Crippen molar-refractivity contribution in [2.45, 2.75) is 207 Å². The van der Waals surface area contributed by atoms with Gasteiger partial charge in [0.25, 0.3) is 0 Å². The number of esters is 2. The Balaban J connectivity index is 4.56. The standard InChI is InChI=1S/C67H102O5/c1-4-7-10-13-16-19-22-25-28-31-33-35-38-41-44-47-50-53-56-59-62-70-63-65(72-67(69)61-58-55-52-49-46-43-40-36-30-27-24-21-18-15-12-9-6-3)64-71-66(68)60-57-54-51-48-45-42-39-37-34-32-29-26-23-20-17-14-11-8-5-2/h7-12,16-21,25-30,33-35,37,41-42,44-45,50-51,53-54,65H,4-6,13-15,22-24,31-32,36,38-40,43,46-49,52,55-64H2,1-3H3/b10-7-,11-8-,12-9-,19-16-,20-17-,21-18-,28-25-,29-26-,30-27-,35-33-,37-34-,44-41-,45-42-,53-50-,54-51-. The Labute approximate surface area is 442 Å². The second-order valence-corrected chi connectivity index (χ2v) is 17.7. The highest BCUT2D eigenvalue weighted by molar-refractivity contribution is 5.70. The van der Waals surface area contributed by atoms with E-state index in [-0.39, 0.29) is 31.6 Å². The Morgan fingerprint density at radius 3 is 0.986 bits per heavy atom. The average molecular weight is 988 g/mol. The highest BCUT2D eigenvalue weighted by Crippen LogP contribution is 2.12. The van der Waals surface area contributed by atoms with Gasteiger partial charge in [0.15, 0.2) is 6.10 Å². The van der Waals surface area contributed by atoms with Gasteiger partial charge in [-0.2, -0.15) is 0 Å². The lowest BCUT2D eigenvalue weighted by Crippen LogP contribution is -2.30. The predicted octanol–water partition coefficient (Wildman–Crippen LogP) is 19.8. The first-order valence-corrected chi connectivity index (χ1v) is 28.3. The lowest BCUT2D eigenvalue weighted by molar-refractivity contribution is -0.162. The van der Waals surface area contributed by atoms with Crippen LogP contribution < -0.4 is 0 Å². The molecule has 0 aliphatic heterocycles. The number of allylic oxidation sites excluding steroid dienone is 30. The third kappa shape index (κ3) is 57.6. The summed E-state index contributed by atoms with van der Waals surface area (Å²) in [6.45, 7) is 7.22. The van der Waals surface area contributed by atoms with Gasteiger partial charge in [0.1, 0.15) is 6.61 Å². The summed E-state index contributed by atoms with van der Waals surface area (Å²) in [6, 6.07) is 0. The first-order valence-electron chi connectivity index (χ1n) is 28.3. The van der Waals surface area contributed by atoms with E-state index in [1.165, 1.54) is 25.7 Å². The second kappa shape index (κ2) is 60.3. The molecule has 5 nitrogen and oxygen atoms in total. The molecule has 0 aromatic heterocycles. The van der Waals surface area contributed by atoms with Gasteiger partial charge in [0.2, 0.25) is 0 Å². The number of ether oxygens (including phenoxy) is 3. The molecule has 0 aromatic rings. The minimum atomic E-state index is -0.619. The quantitative estimate of drug-likeness (QED) is 0.0345. The zero-order chi connectivity index (χ0) is 52.0. The van der Waals surface area contributed by atoms with E-state index in [0.29, 0.717) is 19.4 Å². The fourth-order valence-electron chi connectivity index (χ4n) is 6.86. The zero-order valence-corrected chi connectivity index (χ0v) is 45.9. The van der Waals surface area contributed by atoms with E-state index in [4.69, 9.17) is 14.2 Å². The largest absolute Gasteiger partial charge is 0.462 e. The molecule has 0 amide bonds. The molecular formula is C67H102O5. The molecule has 0 aromatic carbocycles. The molecular weight excluding hydrogens is 885 g/mol. The maximum absolute atomic E-state index is 12.9. The van der Waals surface area contributed by atoms with Gasteiger partial charge in [-0.1, -0.05) is 235 Å². The maximum atomic E-state index is 12.9. The van der Waals surface area contributed by atoms with Crippen LogP contribution in [0, 0.1) is 0 Å². The van der Waals surface area contributed by atoms with Crippen molar-refractivity contribution in [1.82, 2.24) is 0 Å². The van der Waals surface area contributed by atoms with Gasteiger partial charge >= 0.3 is 11.9 Å². The number of hydrogen-bond donors (Lipinski definition) is 0. The fraction of sp³-hybridized carbons (Fsp3) is 0.522. The molecule has 0 N–H and O–H groups in total. The molecule has 0 heterocycles. The smallest absolute Gasteiger partial charge is 0.306 e. The van der Waals surface area contributed by atoms with Gasteiger partial charge in [-0.3, -0.25) is 9.59 Å². The van der Waals surface area contributed by atoms with E-state index in [1.807, 2.05) is 6.08 Å². The molecule has 1 atom stereocenters. The van der Waals surface area contributed by atoms with Gasteiger partial charge in [-0.15, -0.1) is 0 Å². The van der Waals surface area contributed by atoms with Crippen LogP contribution in [-0.4, -0.2) is 37.9 Å². The van der Waals surface area contributed by atoms with Crippen molar-refractivity contribution < 1.29 is 23.8 Å². The van der Waals surface area contributed by atoms with Gasteiger partial charge < -0.3 is 14.2 Å². The van der Waals surface area contributed by atoms with Crippen molar-refractivity contribution >= 4 is 11.9 Å². The third-order valence-electron chi connectivity index (χ3n) is 10.9. The monoisotopic (exact) mass is 987 g/mol. The summed E-state index contributed by atoms with van der Waals surface area (Å²) < 4.78 is 17.3. The average Bonchev–Trinajstić information content (AvgIpc) is 3.38. The summed E-state index contributed by atoms with van der Waals surface area (Å²) in [7, 11) is 0. The summed E-state index contributed by atoms with van der Waals surface area (Å²) in [5.41, 5.74) is 0. The van der Waals surface area contributed by atoms with E-state index in [9.17, 15) is 9.59 Å². The second-order valence-electron chi connectivity index (χ2n) is 17.7. The van der Waals surface area contributed by atoms with Crippen molar-refractivity contribution in [3.8, 4) is 0 Å². The maximum Gasteiger partial charge on any atom is 0.306 e. The number of hydrogen-bond acceptors (Lipinski definition) is 5. The Morgan fingerprint density at radius 2 is 0.611 bits per heavy atom. The Kier molecular flexibility index (Phi) is 56.1. The van der Waals surface area contributed by atoms with Gasteiger partial charge in [-0.25, -0.2) is 0 Å². The zero-order valence-electron chi connectivity index (χ0n) is 45.9. The topological polar surface area (TPSA) is 61.8 Å². The van der Waals surface area contributed by atoms with Crippen molar-refractivity contribution in [3.63, 3.8) is 0 Å². The van der Waals surface area contributed by atoms with Gasteiger partial charge in [-0.05, 0) is 135 Å². The molecule has 0 radical (unpaired) electrons. The molecule has 0 spiro atoms. The first kappa shape index (κ1) is 67.0. The highest BCUT2D eigenvalue weighted by atomic mass is 16.6.